The molecule has 1 aliphatic heterocycles. The van der Waals surface area contributed by atoms with Crippen LogP contribution >= 0.6 is 0 Å². The van der Waals surface area contributed by atoms with Gasteiger partial charge in [-0.05, 0) is 32.1 Å². The van der Waals surface area contributed by atoms with Crippen molar-refractivity contribution in [3.8, 4) is 0 Å². The smallest absolute Gasteiger partial charge is 0.309 e. The van der Waals surface area contributed by atoms with E-state index in [9.17, 15) is 19.8 Å². The highest BCUT2D eigenvalue weighted by Gasteiger charge is 2.36. The third-order valence-corrected chi connectivity index (χ3v) is 16.8. The number of rotatable bonds is 59. The number of carbonyl (C=O) groups excluding carboxylic acids is 2. The quantitative estimate of drug-likeness (QED) is 0.0358. The van der Waals surface area contributed by atoms with Crippen LogP contribution in [0.5, 0.6) is 0 Å². The van der Waals surface area contributed by atoms with Gasteiger partial charge in [0.1, 0.15) is 13.2 Å². The second-order valence-corrected chi connectivity index (χ2v) is 24.2. The summed E-state index contributed by atoms with van der Waals surface area (Å²) in [7, 11) is 0. The lowest BCUT2D eigenvalue weighted by Gasteiger charge is -2.27. The Hall–Kier alpha value is -1.40. The summed E-state index contributed by atoms with van der Waals surface area (Å²) in [5, 5.41) is 19.2. The summed E-state index contributed by atoms with van der Waals surface area (Å²) in [6.07, 6.45) is 83.1. The second kappa shape index (κ2) is 57.8. The van der Waals surface area contributed by atoms with Gasteiger partial charge in [0.25, 0.3) is 0 Å². The Morgan fingerprint density at radius 1 is 0.351 bits per heavy atom. The van der Waals surface area contributed by atoms with Crippen molar-refractivity contribution < 1.29 is 29.3 Å². The van der Waals surface area contributed by atoms with Crippen LogP contribution in [0, 0.1) is 11.3 Å². The summed E-state index contributed by atoms with van der Waals surface area (Å²) in [6.45, 7) is 1.21. The van der Waals surface area contributed by atoms with Gasteiger partial charge in [0.05, 0.1) is 31.0 Å². The average Bonchev–Trinajstić information content (AvgIpc) is 3.47. The molecule has 1 atom stereocenters. The summed E-state index contributed by atoms with van der Waals surface area (Å²) < 4.78 is 10.6. The first-order chi connectivity index (χ1) is 36.6. The van der Waals surface area contributed by atoms with Crippen LogP contribution in [0.1, 0.15) is 373 Å². The molecule has 0 aromatic carbocycles. The van der Waals surface area contributed by atoms with Crippen LogP contribution in [0.25, 0.3) is 0 Å². The van der Waals surface area contributed by atoms with Crippen molar-refractivity contribution in [2.24, 2.45) is 11.3 Å². The Kier molecular flexibility index (Phi) is 55.1. The summed E-state index contributed by atoms with van der Waals surface area (Å²) in [4.78, 5) is 24.7. The lowest BCUT2D eigenvalue weighted by atomic mass is 9.92. The van der Waals surface area contributed by atoms with Gasteiger partial charge in [0, 0.05) is 0 Å². The zero-order chi connectivity index (χ0) is 53.2. The zero-order valence-corrected chi connectivity index (χ0v) is 49.9. The lowest BCUT2D eigenvalue weighted by molar-refractivity contribution is -0.155. The maximum absolute atomic E-state index is 12.6. The number of carbonyl (C=O) groups is 2. The molecule has 0 saturated carbocycles. The van der Waals surface area contributed by atoms with Gasteiger partial charge in [-0.1, -0.05) is 347 Å². The van der Waals surface area contributed by atoms with Gasteiger partial charge in [0.15, 0.2) is 0 Å². The molecule has 1 unspecified atom stereocenters. The average molecular weight is 1040 g/mol. The van der Waals surface area contributed by atoms with Crippen molar-refractivity contribution in [2.45, 2.75) is 373 Å². The number of aliphatic hydroxyl groups excluding tert-OH is 2. The number of esters is 2. The van der Waals surface area contributed by atoms with E-state index in [1.807, 2.05) is 0 Å². The van der Waals surface area contributed by atoms with E-state index in [2.05, 4.69) is 19.1 Å². The van der Waals surface area contributed by atoms with Crippen molar-refractivity contribution in [1.29, 1.82) is 0 Å². The largest absolute Gasteiger partial charge is 0.465 e. The third kappa shape index (κ3) is 48.9. The Labute approximate surface area is 462 Å². The maximum atomic E-state index is 12.6. The monoisotopic (exact) mass is 1040 g/mol. The van der Waals surface area contributed by atoms with Gasteiger partial charge in [-0.3, -0.25) is 9.59 Å². The first-order valence-corrected chi connectivity index (χ1v) is 33.8. The fourth-order valence-corrected chi connectivity index (χ4v) is 11.3. The molecule has 0 bridgehead atoms. The van der Waals surface area contributed by atoms with Crippen LogP contribution in [0.3, 0.4) is 0 Å². The maximum Gasteiger partial charge on any atom is 0.309 e. The van der Waals surface area contributed by atoms with E-state index in [1.54, 1.807) is 0 Å². The van der Waals surface area contributed by atoms with E-state index < -0.39 is 36.5 Å². The molecule has 1 aliphatic rings. The summed E-state index contributed by atoms with van der Waals surface area (Å²) >= 11 is 0. The van der Waals surface area contributed by atoms with Crippen molar-refractivity contribution >= 4 is 11.9 Å². The Morgan fingerprint density at radius 3 is 0.838 bits per heavy atom. The Morgan fingerprint density at radius 2 is 0.581 bits per heavy atom. The summed E-state index contributed by atoms with van der Waals surface area (Å²) in [5.74, 6) is -1.40. The molecule has 0 aliphatic carbocycles. The molecule has 0 aromatic rings. The van der Waals surface area contributed by atoms with Gasteiger partial charge in [-0.2, -0.15) is 0 Å². The number of unbranched alkanes of at least 4 members (excludes halogenated alkanes) is 53. The first-order valence-electron chi connectivity index (χ1n) is 33.8. The number of ether oxygens (including phenoxy) is 2. The van der Waals surface area contributed by atoms with Gasteiger partial charge in [-0.25, -0.2) is 0 Å². The molecule has 1 heterocycles. The predicted octanol–water partition coefficient (Wildman–Crippen LogP) is 21.5. The molecule has 0 amide bonds. The molecular weight excluding hydrogens is 913 g/mol. The minimum absolute atomic E-state index is 0.00361. The Balaban J connectivity index is 1.68. The lowest BCUT2D eigenvalue weighted by Crippen LogP contribution is -2.40. The highest BCUT2D eigenvalue weighted by atomic mass is 16.6. The van der Waals surface area contributed by atoms with E-state index >= 15 is 0 Å². The Bertz CT molecular complexity index is 1160. The molecule has 74 heavy (non-hydrogen) atoms. The van der Waals surface area contributed by atoms with Crippen LogP contribution in [0.4, 0.5) is 0 Å². The van der Waals surface area contributed by atoms with E-state index in [0.717, 1.165) is 19.3 Å². The van der Waals surface area contributed by atoms with Crippen molar-refractivity contribution in [1.82, 2.24) is 0 Å². The highest BCUT2D eigenvalue weighted by Crippen LogP contribution is 2.25. The van der Waals surface area contributed by atoms with Gasteiger partial charge >= 0.3 is 11.9 Å². The van der Waals surface area contributed by atoms with Crippen LogP contribution in [0.15, 0.2) is 12.2 Å². The van der Waals surface area contributed by atoms with Crippen LogP contribution in [0.2, 0.25) is 0 Å². The minimum Gasteiger partial charge on any atom is -0.465 e. The molecule has 1 fully saturated rings. The van der Waals surface area contributed by atoms with E-state index in [0.29, 0.717) is 6.42 Å². The van der Waals surface area contributed by atoms with Crippen molar-refractivity contribution in [3.05, 3.63) is 12.2 Å². The number of cyclic esters (lactones) is 2. The molecule has 2 N–H and O–H groups in total. The fraction of sp³-hybridized carbons (Fsp3) is 0.941. The topological polar surface area (TPSA) is 93.1 Å². The molecule has 0 aromatic heterocycles. The van der Waals surface area contributed by atoms with Crippen LogP contribution in [-0.2, 0) is 19.1 Å². The van der Waals surface area contributed by atoms with Gasteiger partial charge in [0.2, 0.25) is 0 Å². The first kappa shape index (κ1) is 70.6. The van der Waals surface area contributed by atoms with Crippen molar-refractivity contribution in [3.63, 3.8) is 0 Å². The van der Waals surface area contributed by atoms with E-state index in [-0.39, 0.29) is 19.6 Å². The molecule has 0 spiro atoms. The zero-order valence-electron chi connectivity index (χ0n) is 49.9. The fourth-order valence-electron chi connectivity index (χ4n) is 11.3. The summed E-state index contributed by atoms with van der Waals surface area (Å²) in [5.41, 5.74) is -1.12. The number of hydrogen-bond acceptors (Lipinski definition) is 6. The molecule has 438 valence electrons. The standard InChI is InChI=1S/C68H130O6/c1-2-3-4-5-6-7-8-9-10-11-12-13-14-15-16-17-18-19-20-21-22-23-24-25-26-27-28-29-30-31-32-33-34-35-36-37-38-39-40-41-42-43-44-45-46-47-48-49-50-51-52-53-54-55-56-57-58-59-65-60-66(71)73-63-68(61-69,62-70)64-74-67(65)72/h39-40,65,69-70H,2-38,41-64H2,1H3/b40-39+. The number of hydrogen-bond donors (Lipinski definition) is 2. The third-order valence-electron chi connectivity index (χ3n) is 16.8. The minimum atomic E-state index is -1.12. The summed E-state index contributed by atoms with van der Waals surface area (Å²) in [6, 6.07) is 0. The van der Waals surface area contributed by atoms with Crippen LogP contribution in [-0.4, -0.2) is 48.6 Å². The SMILES string of the molecule is CCCCCCCCCCCCCCCCCCCCCCCCCCCCCCCCCCCCCC/C=C/CCCCCCCCCCCCCCCCCCCC1CC(=O)OCC(CO)(CO)COC1=O. The van der Waals surface area contributed by atoms with Crippen molar-refractivity contribution in [2.75, 3.05) is 26.4 Å². The second-order valence-electron chi connectivity index (χ2n) is 24.2. The van der Waals surface area contributed by atoms with Crippen LogP contribution < -0.4 is 0 Å². The molecule has 1 saturated heterocycles. The van der Waals surface area contributed by atoms with E-state index in [4.69, 9.17) is 9.47 Å². The molecule has 0 radical (unpaired) electrons. The molecule has 1 rings (SSSR count). The number of allylic oxidation sites excluding steroid dienone is 2. The normalized spacial score (nSPS) is 15.1. The molecule has 6 heteroatoms. The van der Waals surface area contributed by atoms with Gasteiger partial charge in [-0.15, -0.1) is 0 Å². The molecule has 6 nitrogen and oxygen atoms in total. The molecular formula is C68H130O6. The number of aliphatic hydroxyl groups is 2. The van der Waals surface area contributed by atoms with E-state index in [1.165, 1.54) is 334 Å². The highest BCUT2D eigenvalue weighted by molar-refractivity contribution is 5.80. The van der Waals surface area contributed by atoms with Gasteiger partial charge < -0.3 is 19.7 Å². The predicted molar refractivity (Wildman–Crippen MR) is 320 cm³/mol.